The number of para-hydroxylation sites is 2. The van der Waals surface area contributed by atoms with Crippen molar-refractivity contribution < 1.29 is 4.74 Å². The van der Waals surface area contributed by atoms with Crippen molar-refractivity contribution in [3.63, 3.8) is 0 Å². The molecule has 0 radical (unpaired) electrons. The van der Waals surface area contributed by atoms with E-state index in [-0.39, 0.29) is 0 Å². The van der Waals surface area contributed by atoms with Gasteiger partial charge in [-0.25, -0.2) is 0 Å². The van der Waals surface area contributed by atoms with Gasteiger partial charge in [0.1, 0.15) is 11.5 Å². The molecule has 0 N–H and O–H groups in total. The molecule has 0 unspecified atom stereocenters. The molecule has 0 spiro atoms. The Labute approximate surface area is 321 Å². The second kappa shape index (κ2) is 13.9. The lowest BCUT2D eigenvalue weighted by Crippen LogP contribution is -2.13. The van der Waals surface area contributed by atoms with Crippen LogP contribution < -0.4 is 14.5 Å². The molecule has 0 amide bonds. The average Bonchev–Trinajstić information content (AvgIpc) is 3.26. The van der Waals surface area contributed by atoms with E-state index in [1.807, 2.05) is 0 Å². The average molecular weight is 705 g/mol. The lowest BCUT2D eigenvalue weighted by atomic mass is 9.92. The Bertz CT molecular complexity index is 2630. The van der Waals surface area contributed by atoms with Crippen molar-refractivity contribution >= 4 is 44.9 Å². The van der Waals surface area contributed by atoms with Gasteiger partial charge in [0.15, 0.2) is 0 Å². The topological polar surface area (TPSA) is 15.7 Å². The summed E-state index contributed by atoms with van der Waals surface area (Å²) in [4.78, 5) is 4.65. The predicted octanol–water partition coefficient (Wildman–Crippen LogP) is 14.9. The zero-order valence-corrected chi connectivity index (χ0v) is 30.1. The molecule has 0 aliphatic carbocycles. The highest BCUT2D eigenvalue weighted by Gasteiger charge is 2.27. The number of nitrogens with zero attached hydrogens (tertiary/aromatic N) is 2. The van der Waals surface area contributed by atoms with Crippen molar-refractivity contribution in [1.29, 1.82) is 0 Å². The first-order valence-electron chi connectivity index (χ1n) is 18.7. The minimum Gasteiger partial charge on any atom is -0.456 e. The van der Waals surface area contributed by atoms with Gasteiger partial charge in [0.2, 0.25) is 0 Å². The number of hydrogen-bond donors (Lipinski definition) is 0. The number of ether oxygens (including phenoxy) is 1. The predicted molar refractivity (Wildman–Crippen MR) is 230 cm³/mol. The number of benzene rings is 9. The molecule has 0 saturated carbocycles. The van der Waals surface area contributed by atoms with Gasteiger partial charge in [-0.05, 0) is 99.9 Å². The van der Waals surface area contributed by atoms with Gasteiger partial charge in [-0.1, -0.05) is 146 Å². The van der Waals surface area contributed by atoms with Gasteiger partial charge >= 0.3 is 0 Å². The molecule has 0 aromatic heterocycles. The Kier molecular flexibility index (Phi) is 8.16. The maximum atomic E-state index is 6.98. The standard InChI is InChI=1S/C52H36N2O/c1-5-15-37(16-6-1)39-27-31-44(32-28-39)53(45-33-29-40(30-34-45)38-17-7-2-8-18-38)46-35-41-19-13-24-47-51(41)50(36-46)55-49-26-14-25-48(52(47)49)54(42-20-9-3-10-21-42)43-22-11-4-12-23-43/h1-36H. The highest BCUT2D eigenvalue weighted by Crippen LogP contribution is 2.54. The molecule has 3 heteroatoms. The molecule has 9 aromatic carbocycles. The molecule has 1 heterocycles. The number of fused-ring (bicyclic) bond motifs is 2. The summed E-state index contributed by atoms with van der Waals surface area (Å²) in [7, 11) is 0. The minimum absolute atomic E-state index is 0.831. The van der Waals surface area contributed by atoms with Crippen LogP contribution in [0.2, 0.25) is 0 Å². The molecule has 55 heavy (non-hydrogen) atoms. The van der Waals surface area contributed by atoms with E-state index in [9.17, 15) is 0 Å². The van der Waals surface area contributed by atoms with Crippen LogP contribution in [0.3, 0.4) is 0 Å². The third-order valence-corrected chi connectivity index (χ3v) is 10.4. The fourth-order valence-corrected chi connectivity index (χ4v) is 7.87. The van der Waals surface area contributed by atoms with Gasteiger partial charge in [-0.3, -0.25) is 0 Å². The molecule has 3 nitrogen and oxygen atoms in total. The second-order valence-electron chi connectivity index (χ2n) is 13.8. The van der Waals surface area contributed by atoms with E-state index in [1.165, 1.54) is 22.3 Å². The van der Waals surface area contributed by atoms with E-state index in [0.29, 0.717) is 0 Å². The first kappa shape index (κ1) is 32.3. The zero-order chi connectivity index (χ0) is 36.6. The van der Waals surface area contributed by atoms with Crippen molar-refractivity contribution in [2.75, 3.05) is 9.80 Å². The summed E-state index contributed by atoms with van der Waals surface area (Å²) in [5.41, 5.74) is 13.4. The minimum atomic E-state index is 0.831. The van der Waals surface area contributed by atoms with E-state index < -0.39 is 0 Å². The summed E-state index contributed by atoms with van der Waals surface area (Å²) in [6, 6.07) is 77.3. The SMILES string of the molecule is c1ccc(-c2ccc(N(c3ccc(-c4ccccc4)cc3)c3cc4c5c(cccc5c3)-c3c(cccc3N(c3ccccc3)c3ccccc3)O4)cc2)cc1. The van der Waals surface area contributed by atoms with E-state index in [4.69, 9.17) is 4.74 Å². The fourth-order valence-electron chi connectivity index (χ4n) is 7.87. The molecule has 0 bridgehead atoms. The van der Waals surface area contributed by atoms with Crippen molar-refractivity contribution in [3.8, 4) is 44.9 Å². The van der Waals surface area contributed by atoms with Crippen molar-refractivity contribution in [3.05, 3.63) is 218 Å². The molecule has 1 aliphatic heterocycles. The third kappa shape index (κ3) is 5.98. The van der Waals surface area contributed by atoms with E-state index in [0.717, 1.165) is 67.5 Å². The van der Waals surface area contributed by atoms with Crippen LogP contribution in [0.15, 0.2) is 218 Å². The highest BCUT2D eigenvalue weighted by atomic mass is 16.5. The summed E-state index contributed by atoms with van der Waals surface area (Å²) in [5, 5.41) is 2.22. The third-order valence-electron chi connectivity index (χ3n) is 10.4. The van der Waals surface area contributed by atoms with Crippen molar-refractivity contribution in [2.24, 2.45) is 0 Å². The Morgan fingerprint density at radius 3 is 1.33 bits per heavy atom. The normalized spacial score (nSPS) is 11.4. The Morgan fingerprint density at radius 2 is 0.782 bits per heavy atom. The lowest BCUT2D eigenvalue weighted by Gasteiger charge is -2.32. The molecule has 0 saturated heterocycles. The monoisotopic (exact) mass is 704 g/mol. The summed E-state index contributed by atoms with van der Waals surface area (Å²) in [5.74, 6) is 1.67. The highest BCUT2D eigenvalue weighted by molar-refractivity contribution is 6.09. The van der Waals surface area contributed by atoms with Crippen LogP contribution >= 0.6 is 0 Å². The lowest BCUT2D eigenvalue weighted by molar-refractivity contribution is 0.487. The molecule has 0 atom stereocenters. The second-order valence-corrected chi connectivity index (χ2v) is 13.8. The van der Waals surface area contributed by atoms with Crippen LogP contribution in [0, 0.1) is 0 Å². The van der Waals surface area contributed by atoms with Crippen molar-refractivity contribution in [2.45, 2.75) is 0 Å². The summed E-state index contributed by atoms with van der Waals surface area (Å²) < 4.78 is 6.98. The maximum absolute atomic E-state index is 6.98. The molecule has 260 valence electrons. The van der Waals surface area contributed by atoms with Gasteiger partial charge in [-0.2, -0.15) is 0 Å². The molecule has 1 aliphatic rings. The quantitative estimate of drug-likeness (QED) is 0.157. The van der Waals surface area contributed by atoms with Gasteiger partial charge in [0.25, 0.3) is 0 Å². The van der Waals surface area contributed by atoms with Crippen LogP contribution in [-0.4, -0.2) is 0 Å². The Morgan fingerprint density at radius 1 is 0.309 bits per heavy atom. The summed E-state index contributed by atoms with van der Waals surface area (Å²) in [6.07, 6.45) is 0. The van der Waals surface area contributed by atoms with Crippen LogP contribution in [0.1, 0.15) is 0 Å². The zero-order valence-electron chi connectivity index (χ0n) is 30.1. The first-order chi connectivity index (χ1) is 27.3. The summed E-state index contributed by atoms with van der Waals surface area (Å²) in [6.45, 7) is 0. The largest absolute Gasteiger partial charge is 0.456 e. The van der Waals surface area contributed by atoms with Crippen LogP contribution in [0.25, 0.3) is 44.2 Å². The van der Waals surface area contributed by atoms with Crippen LogP contribution in [0.5, 0.6) is 11.5 Å². The van der Waals surface area contributed by atoms with Gasteiger partial charge in [-0.15, -0.1) is 0 Å². The number of rotatable bonds is 8. The molecular formula is C52H36N2O. The van der Waals surface area contributed by atoms with E-state index in [1.54, 1.807) is 0 Å². The Balaban J connectivity index is 1.12. The summed E-state index contributed by atoms with van der Waals surface area (Å²) >= 11 is 0. The molecule has 0 fully saturated rings. The van der Waals surface area contributed by atoms with Crippen LogP contribution in [-0.2, 0) is 0 Å². The number of hydrogen-bond acceptors (Lipinski definition) is 3. The first-order valence-corrected chi connectivity index (χ1v) is 18.7. The molecule has 10 rings (SSSR count). The van der Waals surface area contributed by atoms with Gasteiger partial charge in [0.05, 0.1) is 11.4 Å². The van der Waals surface area contributed by atoms with Gasteiger partial charge < -0.3 is 14.5 Å². The van der Waals surface area contributed by atoms with Crippen molar-refractivity contribution in [1.82, 2.24) is 0 Å². The van der Waals surface area contributed by atoms with Gasteiger partial charge in [0, 0.05) is 39.8 Å². The molecular weight excluding hydrogens is 669 g/mol. The molecule has 9 aromatic rings. The fraction of sp³-hybridized carbons (Fsp3) is 0. The van der Waals surface area contributed by atoms with Crippen LogP contribution in [0.4, 0.5) is 34.1 Å². The van der Waals surface area contributed by atoms with E-state index >= 15 is 0 Å². The van der Waals surface area contributed by atoms with E-state index in [2.05, 4.69) is 228 Å². The maximum Gasteiger partial charge on any atom is 0.138 e. The smallest absolute Gasteiger partial charge is 0.138 e. The number of anilines is 6. The Hall–Kier alpha value is -7.36.